The highest BCUT2D eigenvalue weighted by Gasteiger charge is 2.45. The third kappa shape index (κ3) is 4.19. The number of halogens is 3. The van der Waals surface area contributed by atoms with Gasteiger partial charge in [0.15, 0.2) is 0 Å². The molecule has 1 amide bonds. The first-order chi connectivity index (χ1) is 18.2. The smallest absolute Gasteiger partial charge is 0.366 e. The van der Waals surface area contributed by atoms with E-state index in [1.165, 1.54) is 6.33 Å². The van der Waals surface area contributed by atoms with Crippen LogP contribution in [0.25, 0.3) is 16.9 Å². The maximum atomic E-state index is 14.4. The normalized spacial score (nSPS) is 17.3. The summed E-state index contributed by atoms with van der Waals surface area (Å²) in [6, 6.07) is 9.22. The van der Waals surface area contributed by atoms with E-state index in [1.807, 2.05) is 0 Å². The van der Waals surface area contributed by atoms with Crippen molar-refractivity contribution in [3.05, 3.63) is 89.1 Å². The molecule has 0 saturated heterocycles. The van der Waals surface area contributed by atoms with Crippen molar-refractivity contribution in [2.45, 2.75) is 37.9 Å². The fourth-order valence-electron chi connectivity index (χ4n) is 5.34. The summed E-state index contributed by atoms with van der Waals surface area (Å²) < 4.78 is 46.5. The zero-order valence-corrected chi connectivity index (χ0v) is 20.6. The van der Waals surface area contributed by atoms with Gasteiger partial charge in [-0.15, -0.1) is 0 Å². The molecule has 0 spiro atoms. The number of nitrogens with zero attached hydrogens (tertiary/aromatic N) is 5. The molecule has 1 saturated carbocycles. The summed E-state index contributed by atoms with van der Waals surface area (Å²) >= 11 is 0. The Balaban J connectivity index is 1.48. The molecule has 2 aromatic heterocycles. The van der Waals surface area contributed by atoms with Crippen LogP contribution in [0.3, 0.4) is 0 Å². The van der Waals surface area contributed by atoms with Crippen molar-refractivity contribution in [2.24, 2.45) is 23.7 Å². The number of aryl methyl sites for hydroxylation is 1. The van der Waals surface area contributed by atoms with Crippen LogP contribution in [0.15, 0.2) is 66.3 Å². The van der Waals surface area contributed by atoms with Gasteiger partial charge < -0.3 is 10.3 Å². The lowest BCUT2D eigenvalue weighted by Gasteiger charge is -2.27. The average Bonchev–Trinajstić information content (AvgIpc) is 3.59. The molecule has 1 aliphatic carbocycles. The molecule has 6 rings (SSSR count). The lowest BCUT2D eigenvalue weighted by atomic mass is 9.78. The van der Waals surface area contributed by atoms with E-state index in [-0.39, 0.29) is 5.56 Å². The monoisotopic (exact) mass is 518 g/mol. The highest BCUT2D eigenvalue weighted by molar-refractivity contribution is 6.11. The Bertz CT molecular complexity index is 1580. The first kappa shape index (κ1) is 24.1. The zero-order chi connectivity index (χ0) is 26.6. The van der Waals surface area contributed by atoms with E-state index in [4.69, 9.17) is 5.73 Å². The fraction of sp³-hybridized carbons (Fsp3) is 0.286. The summed E-state index contributed by atoms with van der Waals surface area (Å²) in [6.07, 6.45) is 5.90. The molecule has 1 unspecified atom stereocenters. The van der Waals surface area contributed by atoms with Gasteiger partial charge in [0.1, 0.15) is 11.8 Å². The molecule has 2 N–H and O–H groups in total. The van der Waals surface area contributed by atoms with Gasteiger partial charge in [-0.1, -0.05) is 37.5 Å². The summed E-state index contributed by atoms with van der Waals surface area (Å²) in [7, 11) is 1.78. The van der Waals surface area contributed by atoms with E-state index in [9.17, 15) is 18.0 Å². The highest BCUT2D eigenvalue weighted by atomic mass is 19.4. The first-order valence-corrected chi connectivity index (χ1v) is 12.4. The molecule has 1 aliphatic heterocycles. The van der Waals surface area contributed by atoms with E-state index in [2.05, 4.69) is 15.1 Å². The van der Waals surface area contributed by atoms with Crippen molar-refractivity contribution >= 4 is 11.6 Å². The van der Waals surface area contributed by atoms with Crippen molar-refractivity contribution in [3.63, 3.8) is 0 Å². The van der Waals surface area contributed by atoms with E-state index in [1.54, 1.807) is 71.3 Å². The minimum Gasteiger partial charge on any atom is -0.366 e. The predicted octanol–water partition coefficient (Wildman–Crippen LogP) is 5.17. The summed E-state index contributed by atoms with van der Waals surface area (Å²) in [4.78, 5) is 20.5. The van der Waals surface area contributed by atoms with E-state index < -0.39 is 23.8 Å². The molecule has 194 valence electrons. The molecular formula is C28H25F3N6O. The van der Waals surface area contributed by atoms with Gasteiger partial charge in [0.2, 0.25) is 5.91 Å². The van der Waals surface area contributed by atoms with Crippen LogP contribution >= 0.6 is 0 Å². The molecule has 1 atom stereocenters. The average molecular weight is 519 g/mol. The molecular weight excluding hydrogens is 493 g/mol. The Morgan fingerprint density at radius 1 is 1.13 bits per heavy atom. The van der Waals surface area contributed by atoms with Gasteiger partial charge >= 0.3 is 6.18 Å². The van der Waals surface area contributed by atoms with Crippen LogP contribution in [0.1, 0.15) is 57.9 Å². The van der Waals surface area contributed by atoms with Gasteiger partial charge in [0.05, 0.1) is 23.9 Å². The number of benzene rings is 2. The molecule has 0 bridgehead atoms. The SMILES string of the molecule is Cn1cc(-c2cn(-c3cccc4c3C(C(F)(F)F)=NC4c3ccc(C(N)=O)cc3CC3CCC3)cn2)cn1. The molecule has 4 aromatic rings. The van der Waals surface area contributed by atoms with Crippen LogP contribution in [0, 0.1) is 5.92 Å². The number of hydrogen-bond donors (Lipinski definition) is 1. The minimum atomic E-state index is -4.66. The van der Waals surface area contributed by atoms with E-state index in [0.29, 0.717) is 40.4 Å². The lowest BCUT2D eigenvalue weighted by molar-refractivity contribution is -0.0580. The Morgan fingerprint density at radius 2 is 1.95 bits per heavy atom. The van der Waals surface area contributed by atoms with Gasteiger partial charge in [-0.05, 0) is 47.2 Å². The number of amides is 1. The summed E-state index contributed by atoms with van der Waals surface area (Å²) in [6.45, 7) is 0. The zero-order valence-electron chi connectivity index (χ0n) is 20.6. The molecule has 3 heterocycles. The number of alkyl halides is 3. The number of primary amides is 1. The number of carbonyl (C=O) groups is 1. The van der Waals surface area contributed by atoms with Gasteiger partial charge in [-0.3, -0.25) is 14.5 Å². The summed E-state index contributed by atoms with van der Waals surface area (Å²) in [5.41, 5.74) is 8.64. The van der Waals surface area contributed by atoms with Crippen LogP contribution < -0.4 is 5.73 Å². The Kier molecular flexibility index (Phi) is 5.70. The molecule has 2 aromatic carbocycles. The number of hydrogen-bond acceptors (Lipinski definition) is 4. The second-order valence-electron chi connectivity index (χ2n) is 9.97. The van der Waals surface area contributed by atoms with E-state index in [0.717, 1.165) is 30.4 Å². The number of aliphatic imine (C=N–C) groups is 1. The van der Waals surface area contributed by atoms with Gasteiger partial charge in [0, 0.05) is 36.1 Å². The molecule has 10 heteroatoms. The van der Waals surface area contributed by atoms with Gasteiger partial charge in [0.25, 0.3) is 0 Å². The predicted molar refractivity (Wildman–Crippen MR) is 136 cm³/mol. The van der Waals surface area contributed by atoms with Crippen molar-refractivity contribution < 1.29 is 18.0 Å². The summed E-state index contributed by atoms with van der Waals surface area (Å²) in [5, 5.41) is 4.15. The number of carbonyl (C=O) groups excluding carboxylic acids is 1. The highest BCUT2D eigenvalue weighted by Crippen LogP contribution is 2.44. The molecule has 38 heavy (non-hydrogen) atoms. The number of rotatable bonds is 6. The van der Waals surface area contributed by atoms with Crippen molar-refractivity contribution in [3.8, 4) is 16.9 Å². The van der Waals surface area contributed by atoms with Crippen molar-refractivity contribution in [1.29, 1.82) is 0 Å². The number of aromatic nitrogens is 4. The minimum absolute atomic E-state index is 0.0358. The fourth-order valence-corrected chi connectivity index (χ4v) is 5.34. The molecule has 2 aliphatic rings. The maximum Gasteiger partial charge on any atom is 0.433 e. The standard InChI is InChI=1S/C28H25F3N6O/c1-36-13-19(12-34-36)22-14-37(15-33-22)23-7-3-6-21-24(23)26(28(29,30)31)35-25(21)20-9-8-17(27(32)38)11-18(20)10-16-4-2-5-16/h3,6-9,11-16,25H,2,4-5,10H2,1H3,(H2,32,38). The molecule has 0 radical (unpaired) electrons. The Morgan fingerprint density at radius 3 is 2.61 bits per heavy atom. The second-order valence-corrected chi connectivity index (χ2v) is 9.97. The Labute approximate surface area is 216 Å². The first-order valence-electron chi connectivity index (χ1n) is 12.4. The van der Waals surface area contributed by atoms with Gasteiger partial charge in [-0.25, -0.2) is 4.98 Å². The van der Waals surface area contributed by atoms with Crippen LogP contribution in [-0.2, 0) is 13.5 Å². The number of imidazole rings is 1. The topological polar surface area (TPSA) is 91.1 Å². The number of nitrogens with two attached hydrogens (primary N) is 1. The third-order valence-corrected chi connectivity index (χ3v) is 7.45. The quantitative estimate of drug-likeness (QED) is 0.382. The lowest BCUT2D eigenvalue weighted by Crippen LogP contribution is -2.24. The Hall–Kier alpha value is -4.21. The largest absolute Gasteiger partial charge is 0.433 e. The molecule has 1 fully saturated rings. The van der Waals surface area contributed by atoms with Crippen LogP contribution in [0.2, 0.25) is 0 Å². The van der Waals surface area contributed by atoms with E-state index >= 15 is 0 Å². The molecule has 7 nitrogen and oxygen atoms in total. The summed E-state index contributed by atoms with van der Waals surface area (Å²) in [5.74, 6) is -0.128. The van der Waals surface area contributed by atoms with Crippen LogP contribution in [0.5, 0.6) is 0 Å². The second kappa shape index (κ2) is 8.97. The van der Waals surface area contributed by atoms with Crippen LogP contribution in [0.4, 0.5) is 13.2 Å². The van der Waals surface area contributed by atoms with Gasteiger partial charge in [-0.2, -0.15) is 18.3 Å². The maximum absolute atomic E-state index is 14.4. The third-order valence-electron chi connectivity index (χ3n) is 7.45. The number of fused-ring (bicyclic) bond motifs is 1. The van der Waals surface area contributed by atoms with Crippen molar-refractivity contribution in [2.75, 3.05) is 0 Å². The van der Waals surface area contributed by atoms with Crippen LogP contribution in [-0.4, -0.2) is 37.1 Å². The van der Waals surface area contributed by atoms with Crippen molar-refractivity contribution in [1.82, 2.24) is 19.3 Å².